The SMILES string of the molecule is CC1(c2nc(=S)c(Br)c(-c3ccccc3)[nH]2)CCCCO1. The molecule has 5 heteroatoms. The molecule has 2 heterocycles. The Hall–Kier alpha value is -1.04. The lowest BCUT2D eigenvalue weighted by molar-refractivity contribution is -0.0760. The molecule has 0 radical (unpaired) electrons. The molecule has 0 spiro atoms. The number of aromatic nitrogens is 2. The van der Waals surface area contributed by atoms with Crippen LogP contribution in [0.1, 0.15) is 32.0 Å². The van der Waals surface area contributed by atoms with E-state index < -0.39 is 0 Å². The fourth-order valence-corrected chi connectivity index (χ4v) is 3.24. The first kappa shape index (κ1) is 14.9. The van der Waals surface area contributed by atoms with E-state index in [0.717, 1.165) is 47.4 Å². The number of hydrogen-bond acceptors (Lipinski definition) is 3. The number of halogens is 1. The van der Waals surface area contributed by atoms with Crippen molar-refractivity contribution < 1.29 is 4.74 Å². The van der Waals surface area contributed by atoms with Crippen molar-refractivity contribution in [3.63, 3.8) is 0 Å². The van der Waals surface area contributed by atoms with E-state index in [2.05, 4.69) is 45.0 Å². The highest BCUT2D eigenvalue weighted by molar-refractivity contribution is 9.10. The summed E-state index contributed by atoms with van der Waals surface area (Å²) in [5.74, 6) is 0.814. The Labute approximate surface area is 137 Å². The van der Waals surface area contributed by atoms with E-state index in [4.69, 9.17) is 17.0 Å². The van der Waals surface area contributed by atoms with E-state index in [1.165, 1.54) is 0 Å². The second kappa shape index (κ2) is 5.99. The molecule has 0 aliphatic carbocycles. The van der Waals surface area contributed by atoms with Crippen LogP contribution in [-0.4, -0.2) is 16.6 Å². The first-order valence-corrected chi connectivity index (χ1v) is 8.30. The summed E-state index contributed by atoms with van der Waals surface area (Å²) in [4.78, 5) is 7.97. The number of rotatable bonds is 2. The fraction of sp³-hybridized carbons (Fsp3) is 0.375. The fourth-order valence-electron chi connectivity index (χ4n) is 2.63. The smallest absolute Gasteiger partial charge is 0.144 e. The first-order valence-electron chi connectivity index (χ1n) is 7.10. The molecule has 3 rings (SSSR count). The van der Waals surface area contributed by atoms with Gasteiger partial charge in [-0.1, -0.05) is 42.5 Å². The number of ether oxygens (including phenoxy) is 1. The summed E-state index contributed by atoms with van der Waals surface area (Å²) < 4.78 is 7.38. The van der Waals surface area contributed by atoms with Gasteiger partial charge in [0.2, 0.25) is 0 Å². The van der Waals surface area contributed by atoms with Crippen molar-refractivity contribution in [2.45, 2.75) is 31.8 Å². The van der Waals surface area contributed by atoms with Gasteiger partial charge in [0.25, 0.3) is 0 Å². The minimum atomic E-state index is -0.379. The maximum absolute atomic E-state index is 5.98. The van der Waals surface area contributed by atoms with Gasteiger partial charge in [-0.2, -0.15) is 0 Å². The Morgan fingerprint density at radius 2 is 2.05 bits per heavy atom. The number of nitrogens with one attached hydrogen (secondary N) is 1. The lowest BCUT2D eigenvalue weighted by Crippen LogP contribution is -2.32. The van der Waals surface area contributed by atoms with Crippen molar-refractivity contribution in [2.75, 3.05) is 6.61 Å². The summed E-state index contributed by atoms with van der Waals surface area (Å²) in [7, 11) is 0. The summed E-state index contributed by atoms with van der Waals surface area (Å²) in [6.07, 6.45) is 3.22. The second-order valence-electron chi connectivity index (χ2n) is 5.48. The van der Waals surface area contributed by atoms with E-state index in [0.29, 0.717) is 4.64 Å². The third-order valence-electron chi connectivity index (χ3n) is 3.90. The Morgan fingerprint density at radius 3 is 2.71 bits per heavy atom. The number of hydrogen-bond donors (Lipinski definition) is 1. The lowest BCUT2D eigenvalue weighted by Gasteiger charge is -2.33. The van der Waals surface area contributed by atoms with E-state index in [-0.39, 0.29) is 5.60 Å². The number of H-pyrrole nitrogens is 1. The molecule has 1 saturated heterocycles. The summed E-state index contributed by atoms with van der Waals surface area (Å²) in [6.45, 7) is 2.86. The highest BCUT2D eigenvalue weighted by atomic mass is 79.9. The lowest BCUT2D eigenvalue weighted by atomic mass is 9.95. The van der Waals surface area contributed by atoms with Crippen molar-refractivity contribution >= 4 is 28.1 Å². The van der Waals surface area contributed by atoms with Crippen LogP contribution in [0.3, 0.4) is 0 Å². The molecule has 1 fully saturated rings. The van der Waals surface area contributed by atoms with Crippen LogP contribution < -0.4 is 0 Å². The molecule has 1 atom stereocenters. The van der Waals surface area contributed by atoms with Crippen LogP contribution in [0.15, 0.2) is 34.8 Å². The maximum atomic E-state index is 5.98. The third-order valence-corrected chi connectivity index (χ3v) is 5.23. The first-order chi connectivity index (χ1) is 10.1. The molecule has 0 saturated carbocycles. The van der Waals surface area contributed by atoms with Gasteiger partial charge in [-0.3, -0.25) is 0 Å². The van der Waals surface area contributed by atoms with Crippen molar-refractivity contribution in [2.24, 2.45) is 0 Å². The maximum Gasteiger partial charge on any atom is 0.144 e. The largest absolute Gasteiger partial charge is 0.367 e. The summed E-state index contributed by atoms with van der Waals surface area (Å²) in [5.41, 5.74) is 1.66. The van der Waals surface area contributed by atoms with Crippen molar-refractivity contribution in [3.8, 4) is 11.3 Å². The number of benzene rings is 1. The van der Waals surface area contributed by atoms with Gasteiger partial charge in [0.1, 0.15) is 16.1 Å². The molecule has 1 aromatic heterocycles. The summed E-state index contributed by atoms with van der Waals surface area (Å²) in [6, 6.07) is 10.1. The standard InChI is InChI=1S/C16H17BrN2OS/c1-16(9-5-6-10-20-16)15-18-13(12(17)14(21)19-15)11-7-3-2-4-8-11/h2-4,7-8H,5-6,9-10H2,1H3,(H,18,19,21). The highest BCUT2D eigenvalue weighted by Gasteiger charge is 2.33. The zero-order valence-corrected chi connectivity index (χ0v) is 14.3. The third kappa shape index (κ3) is 2.96. The van der Waals surface area contributed by atoms with Gasteiger partial charge in [0.15, 0.2) is 0 Å². The van der Waals surface area contributed by atoms with Gasteiger partial charge in [0.05, 0.1) is 10.2 Å². The van der Waals surface area contributed by atoms with Gasteiger partial charge in [-0.25, -0.2) is 4.98 Å². The van der Waals surface area contributed by atoms with Crippen LogP contribution in [-0.2, 0) is 10.3 Å². The average molecular weight is 365 g/mol. The average Bonchev–Trinajstić information content (AvgIpc) is 2.51. The van der Waals surface area contributed by atoms with Crippen LogP contribution in [0.4, 0.5) is 0 Å². The quantitative estimate of drug-likeness (QED) is 0.763. The molecule has 0 amide bonds. The molecule has 1 aliphatic heterocycles. The Bertz CT molecular complexity index is 693. The molecular weight excluding hydrogens is 348 g/mol. The number of aromatic amines is 1. The molecular formula is C16H17BrN2OS. The molecule has 1 aliphatic rings. The van der Waals surface area contributed by atoms with E-state index in [1.54, 1.807) is 0 Å². The zero-order valence-electron chi connectivity index (χ0n) is 11.9. The normalized spacial score (nSPS) is 22.2. The van der Waals surface area contributed by atoms with E-state index in [9.17, 15) is 0 Å². The van der Waals surface area contributed by atoms with E-state index in [1.807, 2.05) is 18.2 Å². The van der Waals surface area contributed by atoms with Crippen LogP contribution in [0, 0.1) is 4.64 Å². The Balaban J connectivity index is 2.12. The predicted molar refractivity (Wildman–Crippen MR) is 89.7 cm³/mol. The molecule has 110 valence electrons. The molecule has 21 heavy (non-hydrogen) atoms. The topological polar surface area (TPSA) is 37.9 Å². The van der Waals surface area contributed by atoms with Crippen LogP contribution >= 0.6 is 28.1 Å². The second-order valence-corrected chi connectivity index (χ2v) is 6.66. The Morgan fingerprint density at radius 1 is 1.29 bits per heavy atom. The Kier molecular flexibility index (Phi) is 4.24. The molecule has 1 N–H and O–H groups in total. The molecule has 2 aromatic rings. The highest BCUT2D eigenvalue weighted by Crippen LogP contribution is 2.35. The zero-order chi connectivity index (χ0) is 14.9. The number of nitrogens with zero attached hydrogens (tertiary/aromatic N) is 1. The molecule has 3 nitrogen and oxygen atoms in total. The van der Waals surface area contributed by atoms with Crippen LogP contribution in [0.5, 0.6) is 0 Å². The van der Waals surface area contributed by atoms with Crippen molar-refractivity contribution in [1.82, 2.24) is 9.97 Å². The predicted octanol–water partition coefficient (Wildman–Crippen LogP) is 4.98. The van der Waals surface area contributed by atoms with Gasteiger partial charge in [0, 0.05) is 6.61 Å². The van der Waals surface area contributed by atoms with Gasteiger partial charge < -0.3 is 9.72 Å². The van der Waals surface area contributed by atoms with Crippen LogP contribution in [0.25, 0.3) is 11.3 Å². The summed E-state index contributed by atoms with van der Waals surface area (Å²) >= 11 is 8.97. The van der Waals surface area contributed by atoms with Crippen molar-refractivity contribution in [3.05, 3.63) is 45.3 Å². The molecule has 1 aromatic carbocycles. The monoisotopic (exact) mass is 364 g/mol. The van der Waals surface area contributed by atoms with E-state index >= 15 is 0 Å². The van der Waals surface area contributed by atoms with Gasteiger partial charge in [-0.15, -0.1) is 0 Å². The van der Waals surface area contributed by atoms with Gasteiger partial charge >= 0.3 is 0 Å². The van der Waals surface area contributed by atoms with Crippen molar-refractivity contribution in [1.29, 1.82) is 0 Å². The molecule has 0 bridgehead atoms. The minimum Gasteiger partial charge on any atom is -0.367 e. The summed E-state index contributed by atoms with van der Waals surface area (Å²) in [5, 5.41) is 0. The molecule has 1 unspecified atom stereocenters. The van der Waals surface area contributed by atoms with Crippen LogP contribution in [0.2, 0.25) is 0 Å². The van der Waals surface area contributed by atoms with Gasteiger partial charge in [-0.05, 0) is 47.7 Å². The minimum absolute atomic E-state index is 0.379.